The molecule has 1 aromatic carbocycles. The van der Waals surface area contributed by atoms with E-state index in [0.717, 1.165) is 18.1 Å². The fourth-order valence-corrected chi connectivity index (χ4v) is 1.77. The number of alkyl halides is 1. The molecule has 0 N–H and O–H groups in total. The van der Waals surface area contributed by atoms with Gasteiger partial charge in [-0.15, -0.1) is 11.6 Å². The third-order valence-electron chi connectivity index (χ3n) is 2.43. The lowest BCUT2D eigenvalue weighted by Gasteiger charge is -2.06. The average Bonchev–Trinajstić information content (AvgIpc) is 2.77. The first-order chi connectivity index (χ1) is 7.83. The van der Waals surface area contributed by atoms with Crippen LogP contribution in [0.2, 0.25) is 0 Å². The fourth-order valence-electron chi connectivity index (χ4n) is 1.54. The van der Waals surface area contributed by atoms with E-state index in [9.17, 15) is 0 Å². The number of rotatable bonds is 4. The molecule has 1 heterocycles. The van der Waals surface area contributed by atoms with Crippen LogP contribution >= 0.6 is 11.6 Å². The summed E-state index contributed by atoms with van der Waals surface area (Å²) in [5, 5.41) is 0. The second-order valence-corrected chi connectivity index (χ2v) is 3.72. The largest absolute Gasteiger partial charge is 0.497 e. The normalized spacial score (nSPS) is 10.4. The van der Waals surface area contributed by atoms with Crippen LogP contribution in [-0.4, -0.2) is 16.7 Å². The first-order valence-electron chi connectivity index (χ1n) is 5.02. The summed E-state index contributed by atoms with van der Waals surface area (Å²) in [5.41, 5.74) is 1.20. The van der Waals surface area contributed by atoms with E-state index in [0.29, 0.717) is 5.88 Å². The summed E-state index contributed by atoms with van der Waals surface area (Å²) in [6, 6.07) is 7.98. The van der Waals surface area contributed by atoms with E-state index in [1.807, 2.05) is 35.0 Å². The Labute approximate surface area is 99.6 Å². The predicted octanol–water partition coefficient (Wildman–Crippen LogP) is 2.68. The molecule has 16 heavy (non-hydrogen) atoms. The third kappa shape index (κ3) is 2.36. The van der Waals surface area contributed by atoms with Crippen LogP contribution < -0.4 is 4.74 Å². The highest BCUT2D eigenvalue weighted by molar-refractivity contribution is 6.16. The molecule has 0 aliphatic carbocycles. The van der Waals surface area contributed by atoms with Gasteiger partial charge in [-0.1, -0.05) is 12.1 Å². The Hall–Kier alpha value is -1.48. The monoisotopic (exact) mass is 236 g/mol. The van der Waals surface area contributed by atoms with Gasteiger partial charge in [0.15, 0.2) is 0 Å². The molecule has 4 heteroatoms. The SMILES string of the molecule is COc1ccc(Cn2ccnc2CCl)cc1. The molecule has 84 valence electrons. The predicted molar refractivity (Wildman–Crippen MR) is 63.9 cm³/mol. The Bertz CT molecular complexity index is 450. The van der Waals surface area contributed by atoms with Gasteiger partial charge in [0, 0.05) is 18.9 Å². The molecular formula is C12H13ClN2O. The number of hydrogen-bond acceptors (Lipinski definition) is 2. The highest BCUT2D eigenvalue weighted by Crippen LogP contribution is 2.13. The maximum absolute atomic E-state index is 5.78. The number of imidazole rings is 1. The van der Waals surface area contributed by atoms with Crippen LogP contribution in [0.25, 0.3) is 0 Å². The van der Waals surface area contributed by atoms with Gasteiger partial charge < -0.3 is 9.30 Å². The zero-order chi connectivity index (χ0) is 11.4. The first kappa shape index (κ1) is 11.0. The molecule has 0 bridgehead atoms. The number of halogens is 1. The lowest BCUT2D eigenvalue weighted by atomic mass is 10.2. The summed E-state index contributed by atoms with van der Waals surface area (Å²) in [7, 11) is 1.66. The zero-order valence-electron chi connectivity index (χ0n) is 9.06. The van der Waals surface area contributed by atoms with Gasteiger partial charge in [-0.05, 0) is 17.7 Å². The zero-order valence-corrected chi connectivity index (χ0v) is 9.81. The quantitative estimate of drug-likeness (QED) is 0.764. The van der Waals surface area contributed by atoms with Crippen LogP contribution in [0.15, 0.2) is 36.7 Å². The third-order valence-corrected chi connectivity index (χ3v) is 2.67. The molecule has 0 unspecified atom stereocenters. The maximum Gasteiger partial charge on any atom is 0.123 e. The smallest absolute Gasteiger partial charge is 0.123 e. The van der Waals surface area contributed by atoms with Gasteiger partial charge in [-0.25, -0.2) is 4.98 Å². The average molecular weight is 237 g/mol. The van der Waals surface area contributed by atoms with Gasteiger partial charge in [0.25, 0.3) is 0 Å². The Morgan fingerprint density at radius 1 is 1.31 bits per heavy atom. The fraction of sp³-hybridized carbons (Fsp3) is 0.250. The van der Waals surface area contributed by atoms with Gasteiger partial charge in [-0.3, -0.25) is 0 Å². The van der Waals surface area contributed by atoms with Crippen molar-refractivity contribution in [3.8, 4) is 5.75 Å². The van der Waals surface area contributed by atoms with Crippen molar-refractivity contribution in [3.05, 3.63) is 48.0 Å². The van der Waals surface area contributed by atoms with Crippen LogP contribution in [0.5, 0.6) is 5.75 Å². The van der Waals surface area contributed by atoms with Crippen molar-refractivity contribution in [2.24, 2.45) is 0 Å². The van der Waals surface area contributed by atoms with Crippen molar-refractivity contribution in [2.45, 2.75) is 12.4 Å². The molecule has 0 spiro atoms. The van der Waals surface area contributed by atoms with Crippen molar-refractivity contribution in [2.75, 3.05) is 7.11 Å². The van der Waals surface area contributed by atoms with Gasteiger partial charge >= 0.3 is 0 Å². The van der Waals surface area contributed by atoms with Gasteiger partial charge in [0.2, 0.25) is 0 Å². The minimum absolute atomic E-state index is 0.434. The number of aromatic nitrogens is 2. The molecule has 3 nitrogen and oxygen atoms in total. The second-order valence-electron chi connectivity index (χ2n) is 3.45. The van der Waals surface area contributed by atoms with Gasteiger partial charge in [-0.2, -0.15) is 0 Å². The molecular weight excluding hydrogens is 224 g/mol. The molecule has 0 amide bonds. The maximum atomic E-state index is 5.78. The molecule has 2 aromatic rings. The summed E-state index contributed by atoms with van der Waals surface area (Å²) in [5.74, 6) is 2.19. The van der Waals surface area contributed by atoms with E-state index >= 15 is 0 Å². The highest BCUT2D eigenvalue weighted by Gasteiger charge is 2.01. The van der Waals surface area contributed by atoms with E-state index in [2.05, 4.69) is 4.98 Å². The standard InChI is InChI=1S/C12H13ClN2O/c1-16-11-4-2-10(3-5-11)9-15-7-6-14-12(15)8-13/h2-7H,8-9H2,1H3. The first-order valence-corrected chi connectivity index (χ1v) is 5.56. The molecule has 0 atom stereocenters. The number of methoxy groups -OCH3 is 1. The Kier molecular flexibility index (Phi) is 3.47. The van der Waals surface area contributed by atoms with Crippen LogP contribution in [0.4, 0.5) is 0 Å². The van der Waals surface area contributed by atoms with Crippen LogP contribution in [0.3, 0.4) is 0 Å². The summed E-state index contributed by atoms with van der Waals surface area (Å²) >= 11 is 5.78. The Morgan fingerprint density at radius 3 is 2.69 bits per heavy atom. The topological polar surface area (TPSA) is 27.1 Å². The Balaban J connectivity index is 2.14. The minimum Gasteiger partial charge on any atom is -0.497 e. The molecule has 0 aliphatic rings. The molecule has 0 saturated heterocycles. The van der Waals surface area contributed by atoms with Crippen molar-refractivity contribution in [3.63, 3.8) is 0 Å². The number of benzene rings is 1. The van der Waals surface area contributed by atoms with E-state index in [-0.39, 0.29) is 0 Å². The molecule has 0 aliphatic heterocycles. The number of ether oxygens (including phenoxy) is 1. The molecule has 1 aromatic heterocycles. The van der Waals surface area contributed by atoms with E-state index in [1.54, 1.807) is 13.3 Å². The summed E-state index contributed by atoms with van der Waals surface area (Å²) in [6.45, 7) is 0.784. The second kappa shape index (κ2) is 5.03. The Morgan fingerprint density at radius 2 is 2.06 bits per heavy atom. The molecule has 0 fully saturated rings. The van der Waals surface area contributed by atoms with E-state index in [4.69, 9.17) is 16.3 Å². The lowest BCUT2D eigenvalue weighted by molar-refractivity contribution is 0.414. The minimum atomic E-state index is 0.434. The van der Waals surface area contributed by atoms with Crippen molar-refractivity contribution in [1.29, 1.82) is 0 Å². The van der Waals surface area contributed by atoms with Crippen molar-refractivity contribution < 1.29 is 4.74 Å². The van der Waals surface area contributed by atoms with Crippen LogP contribution in [0, 0.1) is 0 Å². The highest BCUT2D eigenvalue weighted by atomic mass is 35.5. The van der Waals surface area contributed by atoms with Crippen molar-refractivity contribution >= 4 is 11.6 Å². The van der Waals surface area contributed by atoms with Gasteiger partial charge in [0.05, 0.1) is 13.0 Å². The van der Waals surface area contributed by atoms with Gasteiger partial charge in [0.1, 0.15) is 11.6 Å². The number of hydrogen-bond donors (Lipinski definition) is 0. The number of nitrogens with zero attached hydrogens (tertiary/aromatic N) is 2. The van der Waals surface area contributed by atoms with Crippen LogP contribution in [0.1, 0.15) is 11.4 Å². The lowest BCUT2D eigenvalue weighted by Crippen LogP contribution is -2.02. The van der Waals surface area contributed by atoms with E-state index in [1.165, 1.54) is 5.56 Å². The van der Waals surface area contributed by atoms with Crippen LogP contribution in [-0.2, 0) is 12.4 Å². The summed E-state index contributed by atoms with van der Waals surface area (Å²) < 4.78 is 7.15. The van der Waals surface area contributed by atoms with E-state index < -0.39 is 0 Å². The molecule has 0 saturated carbocycles. The summed E-state index contributed by atoms with van der Waals surface area (Å²) in [4.78, 5) is 4.17. The molecule has 0 radical (unpaired) electrons. The summed E-state index contributed by atoms with van der Waals surface area (Å²) in [6.07, 6.45) is 3.70. The van der Waals surface area contributed by atoms with Crippen molar-refractivity contribution in [1.82, 2.24) is 9.55 Å². The molecule has 2 rings (SSSR count).